The topological polar surface area (TPSA) is 25.8 Å². The Morgan fingerprint density at radius 2 is 1.69 bits per heavy atom. The number of nitrogens with zero attached hydrogens (tertiary/aromatic N) is 2. The zero-order valence-electron chi connectivity index (χ0n) is 17.6. The van der Waals surface area contributed by atoms with Gasteiger partial charge in [-0.15, -0.1) is 0 Å². The zero-order valence-corrected chi connectivity index (χ0v) is 17.6. The van der Waals surface area contributed by atoms with Crippen molar-refractivity contribution in [2.45, 2.75) is 67.7 Å². The largest absolute Gasteiger partial charge is 0.249 e. The zero-order chi connectivity index (χ0) is 19.5. The highest BCUT2D eigenvalue weighted by molar-refractivity contribution is 5.77. The molecule has 0 fully saturated rings. The summed E-state index contributed by atoms with van der Waals surface area (Å²) in [6.07, 6.45) is 7.00. The van der Waals surface area contributed by atoms with E-state index in [1.165, 1.54) is 11.1 Å². The maximum Gasteiger partial charge on any atom is 0.0897 e. The molecule has 2 heteroatoms. The number of hydrogen-bond acceptors (Lipinski definition) is 2. The first-order chi connectivity index (χ1) is 12.0. The molecule has 2 aromatic rings. The molecule has 2 nitrogen and oxygen atoms in total. The lowest BCUT2D eigenvalue weighted by molar-refractivity contribution is 0.411. The van der Waals surface area contributed by atoms with Crippen LogP contribution in [0.4, 0.5) is 0 Å². The smallest absolute Gasteiger partial charge is 0.0897 e. The third-order valence-corrected chi connectivity index (χ3v) is 4.22. The first-order valence-corrected chi connectivity index (χ1v) is 9.63. The average molecular weight is 351 g/mol. The van der Waals surface area contributed by atoms with Crippen molar-refractivity contribution < 1.29 is 0 Å². The van der Waals surface area contributed by atoms with E-state index in [9.17, 15) is 0 Å². The van der Waals surface area contributed by atoms with Crippen LogP contribution in [0.1, 0.15) is 71.8 Å². The SMILES string of the molecule is C=C/C(=C\c1nc2cc(CC(C)(C)C)ccc2nc1CC)CC(C)(C)C. The minimum absolute atomic E-state index is 0.219. The number of rotatable bonds is 5. The summed E-state index contributed by atoms with van der Waals surface area (Å²) in [4.78, 5) is 9.84. The van der Waals surface area contributed by atoms with Gasteiger partial charge in [-0.3, -0.25) is 0 Å². The van der Waals surface area contributed by atoms with Gasteiger partial charge in [-0.25, -0.2) is 9.97 Å². The first-order valence-electron chi connectivity index (χ1n) is 9.63. The highest BCUT2D eigenvalue weighted by Crippen LogP contribution is 2.27. The Morgan fingerprint density at radius 3 is 2.23 bits per heavy atom. The lowest BCUT2D eigenvalue weighted by Gasteiger charge is -2.19. The lowest BCUT2D eigenvalue weighted by Crippen LogP contribution is -2.09. The van der Waals surface area contributed by atoms with E-state index in [1.54, 1.807) is 0 Å². The first kappa shape index (κ1) is 20.4. The summed E-state index contributed by atoms with van der Waals surface area (Å²) in [5, 5.41) is 0. The van der Waals surface area contributed by atoms with Gasteiger partial charge in [0.05, 0.1) is 22.4 Å². The Labute approximate surface area is 159 Å². The summed E-state index contributed by atoms with van der Waals surface area (Å²) in [7, 11) is 0. The number of benzene rings is 1. The van der Waals surface area contributed by atoms with Gasteiger partial charge >= 0.3 is 0 Å². The van der Waals surface area contributed by atoms with Crippen molar-refractivity contribution in [3.05, 3.63) is 53.4 Å². The van der Waals surface area contributed by atoms with Gasteiger partial charge in [-0.1, -0.05) is 67.2 Å². The van der Waals surface area contributed by atoms with Crippen molar-refractivity contribution in [1.29, 1.82) is 0 Å². The van der Waals surface area contributed by atoms with Gasteiger partial charge in [0.1, 0.15) is 0 Å². The summed E-state index contributed by atoms with van der Waals surface area (Å²) >= 11 is 0. The van der Waals surface area contributed by atoms with Crippen LogP contribution in [0.3, 0.4) is 0 Å². The predicted molar refractivity (Wildman–Crippen MR) is 114 cm³/mol. The molecule has 0 atom stereocenters. The second kappa shape index (κ2) is 7.73. The number of aromatic nitrogens is 2. The molecule has 0 N–H and O–H groups in total. The summed E-state index contributed by atoms with van der Waals surface area (Å²) in [5.41, 5.74) is 7.00. The van der Waals surface area contributed by atoms with E-state index in [4.69, 9.17) is 9.97 Å². The third-order valence-electron chi connectivity index (χ3n) is 4.22. The molecule has 0 unspecified atom stereocenters. The second-order valence-corrected chi connectivity index (χ2v) is 9.63. The quantitative estimate of drug-likeness (QED) is 0.555. The molecule has 2 rings (SSSR count). The molecule has 0 saturated heterocycles. The molecule has 0 aliphatic heterocycles. The van der Waals surface area contributed by atoms with Crippen LogP contribution in [-0.2, 0) is 12.8 Å². The molecule has 0 aliphatic carbocycles. The molecule has 0 saturated carbocycles. The van der Waals surface area contributed by atoms with E-state index in [-0.39, 0.29) is 10.8 Å². The van der Waals surface area contributed by atoms with E-state index < -0.39 is 0 Å². The molecule has 26 heavy (non-hydrogen) atoms. The van der Waals surface area contributed by atoms with Crippen LogP contribution in [0.25, 0.3) is 17.1 Å². The molecule has 1 aromatic heterocycles. The molecule has 0 radical (unpaired) electrons. The van der Waals surface area contributed by atoms with Gasteiger partial charge in [0.15, 0.2) is 0 Å². The van der Waals surface area contributed by atoms with Gasteiger partial charge in [0, 0.05) is 0 Å². The molecule has 1 aromatic carbocycles. The normalized spacial score (nSPS) is 13.3. The van der Waals surface area contributed by atoms with Crippen molar-refractivity contribution in [1.82, 2.24) is 9.97 Å². The maximum atomic E-state index is 4.97. The fourth-order valence-electron chi connectivity index (χ4n) is 3.22. The highest BCUT2D eigenvalue weighted by Gasteiger charge is 2.15. The third kappa shape index (κ3) is 5.79. The second-order valence-electron chi connectivity index (χ2n) is 9.63. The van der Waals surface area contributed by atoms with E-state index in [0.717, 1.165) is 41.7 Å². The van der Waals surface area contributed by atoms with Crippen LogP contribution in [-0.4, -0.2) is 9.97 Å². The minimum Gasteiger partial charge on any atom is -0.249 e. The number of aryl methyl sites for hydroxylation is 1. The number of fused-ring (bicyclic) bond motifs is 1. The fraction of sp³-hybridized carbons (Fsp3) is 0.500. The van der Waals surface area contributed by atoms with E-state index in [2.05, 4.69) is 79.3 Å². The molecule has 0 bridgehead atoms. The molecular formula is C24H34N2. The fourth-order valence-corrected chi connectivity index (χ4v) is 3.22. The number of hydrogen-bond donors (Lipinski definition) is 0. The van der Waals surface area contributed by atoms with Gasteiger partial charge in [-0.2, -0.15) is 0 Å². The van der Waals surface area contributed by atoms with Crippen LogP contribution < -0.4 is 0 Å². The van der Waals surface area contributed by atoms with Gasteiger partial charge in [0.2, 0.25) is 0 Å². The predicted octanol–water partition coefficient (Wildman–Crippen LogP) is 6.79. The van der Waals surface area contributed by atoms with Crippen molar-refractivity contribution in [2.75, 3.05) is 0 Å². The summed E-state index contributed by atoms with van der Waals surface area (Å²) in [6.45, 7) is 19.7. The lowest BCUT2D eigenvalue weighted by atomic mass is 9.87. The highest BCUT2D eigenvalue weighted by atomic mass is 14.8. The Morgan fingerprint density at radius 1 is 1.00 bits per heavy atom. The van der Waals surface area contributed by atoms with Crippen LogP contribution in [0.15, 0.2) is 36.4 Å². The Bertz CT molecular complexity index is 814. The van der Waals surface area contributed by atoms with Crippen LogP contribution in [0.2, 0.25) is 0 Å². The summed E-state index contributed by atoms with van der Waals surface area (Å²) in [6, 6.07) is 6.49. The molecule has 1 heterocycles. The molecule has 0 aliphatic rings. The van der Waals surface area contributed by atoms with Crippen molar-refractivity contribution in [3.63, 3.8) is 0 Å². The summed E-state index contributed by atoms with van der Waals surface area (Å²) < 4.78 is 0. The van der Waals surface area contributed by atoms with Crippen LogP contribution in [0.5, 0.6) is 0 Å². The monoisotopic (exact) mass is 350 g/mol. The van der Waals surface area contributed by atoms with Gasteiger partial charge in [0.25, 0.3) is 0 Å². The van der Waals surface area contributed by atoms with Gasteiger partial charge < -0.3 is 0 Å². The molecule has 0 amide bonds. The molecular weight excluding hydrogens is 316 g/mol. The molecule has 0 spiro atoms. The maximum absolute atomic E-state index is 4.97. The van der Waals surface area contributed by atoms with E-state index in [1.807, 2.05) is 6.08 Å². The minimum atomic E-state index is 0.219. The van der Waals surface area contributed by atoms with Crippen molar-refractivity contribution in [2.24, 2.45) is 10.8 Å². The summed E-state index contributed by atoms with van der Waals surface area (Å²) in [5.74, 6) is 0. The van der Waals surface area contributed by atoms with Crippen LogP contribution >= 0.6 is 0 Å². The van der Waals surface area contributed by atoms with Crippen molar-refractivity contribution in [3.8, 4) is 0 Å². The van der Waals surface area contributed by atoms with Gasteiger partial charge in [-0.05, 0) is 59.4 Å². The van der Waals surface area contributed by atoms with Crippen molar-refractivity contribution >= 4 is 17.1 Å². The molecule has 140 valence electrons. The standard InChI is InChI=1S/C24H34N2/c1-9-17(15-23(3,4)5)13-21-19(10-2)25-20-12-11-18(14-22(20)26-21)16-24(6,7)8/h9,11-14H,1,10,15-16H2,2-8H3/b17-13+. The van der Waals surface area contributed by atoms with E-state index >= 15 is 0 Å². The number of allylic oxidation sites excluding steroid dienone is 2. The Balaban J connectivity index is 2.51. The Kier molecular flexibility index (Phi) is 6.05. The average Bonchev–Trinajstić information content (AvgIpc) is 2.50. The Hall–Kier alpha value is -1.96. The van der Waals surface area contributed by atoms with Crippen LogP contribution in [0, 0.1) is 10.8 Å². The van der Waals surface area contributed by atoms with E-state index in [0.29, 0.717) is 0 Å².